The Morgan fingerprint density at radius 3 is 1.28 bits per heavy atom. The summed E-state index contributed by atoms with van der Waals surface area (Å²) in [6, 6.07) is 65.6. The van der Waals surface area contributed by atoms with E-state index in [9.17, 15) is 0 Å². The number of fused-ring (bicyclic) bond motifs is 9. The second kappa shape index (κ2) is 17.1. The van der Waals surface area contributed by atoms with E-state index in [0.717, 1.165) is 8.95 Å². The summed E-state index contributed by atoms with van der Waals surface area (Å²) in [5.74, 6) is 0. The van der Waals surface area contributed by atoms with Gasteiger partial charge < -0.3 is 0 Å². The Morgan fingerprint density at radius 2 is 0.737 bits per heavy atom. The Balaban J connectivity index is 0.000000147. The van der Waals surface area contributed by atoms with Crippen LogP contribution >= 0.6 is 62.2 Å². The SMILES string of the molecule is Brc1ccc(-c2ccc(-c3ccccc3-c3ccccc3)cc2)cc1.CC1(C)c2cc(Br)ccc2-c2cc3c4ccccc4c4ccccc4c3cc21.[Cl][Fe]([Cl])[Cl]. The van der Waals surface area contributed by atoms with Crippen molar-refractivity contribution in [2.24, 2.45) is 0 Å². The van der Waals surface area contributed by atoms with Crippen molar-refractivity contribution in [3.8, 4) is 44.5 Å². The van der Waals surface area contributed by atoms with Gasteiger partial charge in [-0.2, -0.15) is 0 Å². The molecule has 0 unspecified atom stereocenters. The third-order valence-electron chi connectivity index (χ3n) is 10.9. The van der Waals surface area contributed by atoms with E-state index in [1.165, 1.54) is 88.0 Å². The summed E-state index contributed by atoms with van der Waals surface area (Å²) in [7, 11) is 14.7. The first-order valence-electron chi connectivity index (χ1n) is 18.5. The Labute approximate surface area is 368 Å². The fraction of sp³-hybridized carbons (Fsp3) is 0.0588. The maximum atomic E-state index is 4.89. The van der Waals surface area contributed by atoms with E-state index in [0.29, 0.717) is 0 Å². The van der Waals surface area contributed by atoms with Gasteiger partial charge in [-0.25, -0.2) is 0 Å². The van der Waals surface area contributed by atoms with Crippen molar-refractivity contribution in [2.75, 3.05) is 0 Å². The Bertz CT molecular complexity index is 2870. The predicted molar refractivity (Wildman–Crippen MR) is 252 cm³/mol. The summed E-state index contributed by atoms with van der Waals surface area (Å²) in [5.41, 5.74) is 13.0. The van der Waals surface area contributed by atoms with E-state index in [1.807, 2.05) is 0 Å². The van der Waals surface area contributed by atoms with Crippen molar-refractivity contribution < 1.29 is 11.2 Å². The summed E-state index contributed by atoms with van der Waals surface area (Å²) in [6.07, 6.45) is 0. The molecule has 283 valence electrons. The average molecular weight is 971 g/mol. The minimum atomic E-state index is -1.33. The molecule has 6 heteroatoms. The van der Waals surface area contributed by atoms with Gasteiger partial charge >= 0.3 is 41.5 Å². The quantitative estimate of drug-likeness (QED) is 0.122. The van der Waals surface area contributed by atoms with Crippen LogP contribution in [0.5, 0.6) is 0 Å². The Kier molecular flexibility index (Phi) is 12.0. The molecule has 9 aromatic rings. The number of rotatable bonds is 3. The van der Waals surface area contributed by atoms with Gasteiger partial charge in [0.1, 0.15) is 0 Å². The molecule has 0 N–H and O–H groups in total. The predicted octanol–water partition coefficient (Wildman–Crippen LogP) is 17.7. The second-order valence-corrected chi connectivity index (χ2v) is 21.8. The van der Waals surface area contributed by atoms with Crippen LogP contribution < -0.4 is 0 Å². The third-order valence-corrected chi connectivity index (χ3v) is 11.9. The first-order valence-corrected chi connectivity index (χ1v) is 24.6. The number of halogens is 5. The van der Waals surface area contributed by atoms with Gasteiger partial charge in [0, 0.05) is 14.4 Å². The van der Waals surface area contributed by atoms with Crippen LogP contribution in [0, 0.1) is 0 Å². The number of benzene rings is 9. The molecule has 0 aromatic heterocycles. The molecule has 0 fully saturated rings. The molecule has 0 spiro atoms. The van der Waals surface area contributed by atoms with Crippen molar-refractivity contribution >= 4 is 94.5 Å². The number of hydrogen-bond acceptors (Lipinski definition) is 0. The van der Waals surface area contributed by atoms with E-state index in [2.05, 4.69) is 228 Å². The minimum absolute atomic E-state index is 0.00458. The standard InChI is InChI=1S/C27H19Br.C24H17Br.3ClH.Fe/c1-27(2)25-13-16(28)11-12-21(25)24-14-22-19-9-5-3-7-17(19)18-8-4-6-10-20(18)23(22)15-26(24)27;25-22-16-14-19(15-17-22)18-10-12-21(13-11-18)24-9-5-4-8-23(24)20-6-2-1-3-7-20;;;;/h3-15H,1-2H3;1-17H;3*1H;/q;;;;;+3/p-3. The Morgan fingerprint density at radius 1 is 0.351 bits per heavy atom. The number of hydrogen-bond donors (Lipinski definition) is 0. The van der Waals surface area contributed by atoms with Crippen LogP contribution in [0.4, 0.5) is 0 Å². The van der Waals surface area contributed by atoms with Gasteiger partial charge in [-0.05, 0) is 124 Å². The first kappa shape index (κ1) is 39.9. The molecule has 0 saturated carbocycles. The Hall–Kier alpha value is -3.89. The van der Waals surface area contributed by atoms with Crippen LogP contribution in [-0.2, 0) is 16.6 Å². The van der Waals surface area contributed by atoms with Crippen LogP contribution in [0.2, 0.25) is 0 Å². The van der Waals surface area contributed by atoms with Gasteiger partial charge in [0.05, 0.1) is 0 Å². The van der Waals surface area contributed by atoms with Crippen molar-refractivity contribution in [1.29, 1.82) is 0 Å². The molecule has 0 saturated heterocycles. The monoisotopic (exact) mass is 967 g/mol. The average Bonchev–Trinajstić information content (AvgIpc) is 3.45. The fourth-order valence-electron chi connectivity index (χ4n) is 8.19. The normalized spacial score (nSPS) is 12.6. The van der Waals surface area contributed by atoms with Crippen molar-refractivity contribution in [1.82, 2.24) is 0 Å². The maximum absolute atomic E-state index is 4.89. The van der Waals surface area contributed by atoms with Gasteiger partial charge in [-0.15, -0.1) is 0 Å². The zero-order valence-electron chi connectivity index (χ0n) is 31.1. The summed E-state index contributed by atoms with van der Waals surface area (Å²) in [4.78, 5) is 0. The zero-order chi connectivity index (χ0) is 39.7. The first-order chi connectivity index (χ1) is 27.6. The van der Waals surface area contributed by atoms with E-state index in [1.54, 1.807) is 0 Å². The van der Waals surface area contributed by atoms with Crippen molar-refractivity contribution in [3.05, 3.63) is 202 Å². The molecule has 0 heterocycles. The van der Waals surface area contributed by atoms with Gasteiger partial charge in [0.15, 0.2) is 0 Å². The molecule has 10 rings (SSSR count). The molecule has 0 nitrogen and oxygen atoms in total. The molecule has 9 aromatic carbocycles. The van der Waals surface area contributed by atoms with Crippen LogP contribution in [0.25, 0.3) is 76.8 Å². The summed E-state index contributed by atoms with van der Waals surface area (Å²) >= 11 is 5.83. The molecular weight excluding hydrogens is 935 g/mol. The molecule has 1 aliphatic carbocycles. The molecule has 0 bridgehead atoms. The van der Waals surface area contributed by atoms with Crippen LogP contribution in [0.15, 0.2) is 191 Å². The third kappa shape index (κ3) is 8.23. The molecule has 0 amide bonds. The van der Waals surface area contributed by atoms with Crippen molar-refractivity contribution in [3.63, 3.8) is 0 Å². The second-order valence-electron chi connectivity index (χ2n) is 14.5. The van der Waals surface area contributed by atoms with E-state index in [4.69, 9.17) is 30.3 Å². The molecule has 0 atom stereocenters. The molecule has 1 aliphatic rings. The molecule has 57 heavy (non-hydrogen) atoms. The molecular formula is C51H36Br2Cl3Fe. The van der Waals surface area contributed by atoms with Crippen molar-refractivity contribution in [2.45, 2.75) is 19.3 Å². The fourth-order valence-corrected chi connectivity index (χ4v) is 8.82. The summed E-state index contributed by atoms with van der Waals surface area (Å²) in [6.45, 7) is 4.69. The van der Waals surface area contributed by atoms with E-state index >= 15 is 0 Å². The zero-order valence-corrected chi connectivity index (χ0v) is 37.6. The van der Waals surface area contributed by atoms with Crippen LogP contribution in [0.1, 0.15) is 25.0 Å². The summed E-state index contributed by atoms with van der Waals surface area (Å²) < 4.78 is 2.25. The van der Waals surface area contributed by atoms with Gasteiger partial charge in [0.25, 0.3) is 0 Å². The van der Waals surface area contributed by atoms with Crippen LogP contribution in [-0.4, -0.2) is 0 Å². The van der Waals surface area contributed by atoms with Crippen LogP contribution in [0.3, 0.4) is 0 Å². The van der Waals surface area contributed by atoms with Gasteiger partial charge in [-0.1, -0.05) is 191 Å². The topological polar surface area (TPSA) is 0 Å². The summed E-state index contributed by atoms with van der Waals surface area (Å²) in [5, 5.41) is 8.04. The van der Waals surface area contributed by atoms with E-state index < -0.39 is 11.2 Å². The van der Waals surface area contributed by atoms with Gasteiger partial charge in [0.2, 0.25) is 0 Å². The van der Waals surface area contributed by atoms with Gasteiger partial charge in [-0.3, -0.25) is 0 Å². The van der Waals surface area contributed by atoms with E-state index in [-0.39, 0.29) is 5.41 Å². The molecule has 0 radical (unpaired) electrons. The molecule has 0 aliphatic heterocycles.